The van der Waals surface area contributed by atoms with Crippen LogP contribution in [-0.4, -0.2) is 40.3 Å². The molecule has 1 aliphatic rings. The van der Waals surface area contributed by atoms with Gasteiger partial charge < -0.3 is 15.0 Å². The number of nitrogens with one attached hydrogen (secondary N) is 1. The standard InChI is InChI=1S/C25H25ClN4O4/c1-24(2,3)34-23(33)28-25(18-8-5-6-9-19(18)29(4)22(25)32)20(16-10-12-17(26)13-11-16)21(31)30-15-7-14-27-30/h5-15,20H,1-4H3,(H,28,33)/t20-,25+/m1/s1. The number of benzene rings is 2. The first-order valence-corrected chi connectivity index (χ1v) is 11.1. The van der Waals surface area contributed by atoms with Crippen LogP contribution in [0.15, 0.2) is 67.0 Å². The molecule has 8 nitrogen and oxygen atoms in total. The van der Waals surface area contributed by atoms with Gasteiger partial charge in [0.1, 0.15) is 11.5 Å². The van der Waals surface area contributed by atoms with Crippen LogP contribution in [0, 0.1) is 0 Å². The Morgan fingerprint density at radius 3 is 2.38 bits per heavy atom. The molecule has 0 unspecified atom stereocenters. The summed E-state index contributed by atoms with van der Waals surface area (Å²) in [6, 6.07) is 15.3. The Hall–Kier alpha value is -3.65. The smallest absolute Gasteiger partial charge is 0.408 e. The summed E-state index contributed by atoms with van der Waals surface area (Å²) in [5, 5.41) is 7.36. The molecule has 0 spiro atoms. The highest BCUT2D eigenvalue weighted by Gasteiger charge is 2.59. The van der Waals surface area contributed by atoms with Crippen molar-refractivity contribution in [3.63, 3.8) is 0 Å². The molecule has 0 fully saturated rings. The first-order valence-electron chi connectivity index (χ1n) is 10.7. The average molecular weight is 481 g/mol. The minimum absolute atomic E-state index is 0.471. The monoisotopic (exact) mass is 480 g/mol. The topological polar surface area (TPSA) is 93.5 Å². The van der Waals surface area contributed by atoms with Gasteiger partial charge in [-0.05, 0) is 50.6 Å². The number of carbonyl (C=O) groups is 3. The van der Waals surface area contributed by atoms with Gasteiger partial charge in [0.15, 0.2) is 5.54 Å². The van der Waals surface area contributed by atoms with Gasteiger partial charge in [-0.3, -0.25) is 9.59 Å². The lowest BCUT2D eigenvalue weighted by Crippen LogP contribution is -2.59. The van der Waals surface area contributed by atoms with E-state index in [-0.39, 0.29) is 0 Å². The van der Waals surface area contributed by atoms with Crippen molar-refractivity contribution in [3.8, 4) is 0 Å². The molecule has 0 aliphatic carbocycles. The van der Waals surface area contributed by atoms with Crippen LogP contribution in [0.25, 0.3) is 0 Å². The number of rotatable bonds is 4. The van der Waals surface area contributed by atoms with Crippen molar-refractivity contribution < 1.29 is 19.1 Å². The molecule has 0 saturated carbocycles. The van der Waals surface area contributed by atoms with Crippen molar-refractivity contribution in [3.05, 3.63) is 83.1 Å². The van der Waals surface area contributed by atoms with Gasteiger partial charge in [-0.25, -0.2) is 9.48 Å². The molecule has 2 heterocycles. The summed E-state index contributed by atoms with van der Waals surface area (Å²) in [6.45, 7) is 5.17. The van der Waals surface area contributed by atoms with E-state index in [9.17, 15) is 14.4 Å². The third kappa shape index (κ3) is 4.05. The van der Waals surface area contributed by atoms with Crippen molar-refractivity contribution >= 4 is 35.2 Å². The van der Waals surface area contributed by atoms with Gasteiger partial charge in [0.25, 0.3) is 11.8 Å². The lowest BCUT2D eigenvalue weighted by molar-refractivity contribution is -0.124. The highest BCUT2D eigenvalue weighted by molar-refractivity contribution is 6.30. The molecule has 1 N–H and O–H groups in total. The number of para-hydroxylation sites is 1. The van der Waals surface area contributed by atoms with Crippen LogP contribution >= 0.6 is 11.6 Å². The number of hydrogen-bond acceptors (Lipinski definition) is 5. The van der Waals surface area contributed by atoms with Crippen LogP contribution in [0.4, 0.5) is 10.5 Å². The Morgan fingerprint density at radius 2 is 1.76 bits per heavy atom. The Balaban J connectivity index is 1.98. The first kappa shape index (κ1) is 23.5. The number of fused-ring (bicyclic) bond motifs is 1. The van der Waals surface area contributed by atoms with E-state index in [0.29, 0.717) is 21.8 Å². The molecular weight excluding hydrogens is 456 g/mol. The number of ether oxygens (including phenoxy) is 1. The second kappa shape index (κ2) is 8.61. The number of carbonyl (C=O) groups excluding carboxylic acids is 3. The molecule has 0 radical (unpaired) electrons. The maximum absolute atomic E-state index is 14.0. The lowest BCUT2D eigenvalue weighted by atomic mass is 9.74. The van der Waals surface area contributed by atoms with Crippen LogP contribution in [0.1, 0.15) is 42.6 Å². The van der Waals surface area contributed by atoms with E-state index in [2.05, 4.69) is 10.4 Å². The van der Waals surface area contributed by atoms with Gasteiger partial charge >= 0.3 is 6.09 Å². The molecule has 2 atom stereocenters. The van der Waals surface area contributed by atoms with Crippen LogP contribution in [0.5, 0.6) is 0 Å². The molecule has 1 aliphatic heterocycles. The summed E-state index contributed by atoms with van der Waals surface area (Å²) >= 11 is 6.11. The Labute approximate surface area is 202 Å². The van der Waals surface area contributed by atoms with E-state index in [1.807, 2.05) is 0 Å². The third-order valence-electron chi connectivity index (χ3n) is 5.64. The zero-order chi connectivity index (χ0) is 24.7. The first-order chi connectivity index (χ1) is 16.0. The van der Waals surface area contributed by atoms with Gasteiger partial charge in [0.05, 0.1) is 0 Å². The van der Waals surface area contributed by atoms with Gasteiger partial charge in [0, 0.05) is 35.7 Å². The van der Waals surface area contributed by atoms with Gasteiger partial charge in [-0.1, -0.05) is 41.9 Å². The number of likely N-dealkylation sites (N-methyl/N-ethyl adjacent to an activating group) is 1. The predicted molar refractivity (Wildman–Crippen MR) is 128 cm³/mol. The summed E-state index contributed by atoms with van der Waals surface area (Å²) in [6.07, 6.45) is 2.15. The number of hydrogen-bond donors (Lipinski definition) is 1. The number of nitrogens with zero attached hydrogens (tertiary/aromatic N) is 3. The van der Waals surface area contributed by atoms with Crippen molar-refractivity contribution in [2.24, 2.45) is 0 Å². The molecule has 4 rings (SSSR count). The predicted octanol–water partition coefficient (Wildman–Crippen LogP) is 4.36. The number of halogens is 1. The molecule has 0 saturated heterocycles. The molecule has 0 bridgehead atoms. The Bertz CT molecular complexity index is 1230. The fourth-order valence-corrected chi connectivity index (χ4v) is 4.42. The SMILES string of the molecule is CN1C(=O)[C@@](NC(=O)OC(C)(C)C)([C@@H](C(=O)n2cccn2)c2ccc(Cl)cc2)c2ccccc21. The minimum atomic E-state index is -1.79. The van der Waals surface area contributed by atoms with Gasteiger partial charge in [-0.2, -0.15) is 5.10 Å². The highest BCUT2D eigenvalue weighted by Crippen LogP contribution is 2.48. The minimum Gasteiger partial charge on any atom is -0.444 e. The molecule has 2 aromatic carbocycles. The van der Waals surface area contributed by atoms with E-state index in [1.54, 1.807) is 82.4 Å². The number of aromatic nitrogens is 2. The summed E-state index contributed by atoms with van der Waals surface area (Å²) in [5.41, 5.74) is -1.06. The van der Waals surface area contributed by atoms with E-state index in [4.69, 9.17) is 16.3 Å². The molecule has 9 heteroatoms. The number of alkyl carbamates (subject to hydrolysis) is 1. The summed E-state index contributed by atoms with van der Waals surface area (Å²) in [4.78, 5) is 42.5. The van der Waals surface area contributed by atoms with E-state index in [0.717, 1.165) is 4.68 Å². The molecule has 1 aromatic heterocycles. The quantitative estimate of drug-likeness (QED) is 0.599. The molecule has 3 aromatic rings. The highest BCUT2D eigenvalue weighted by atomic mass is 35.5. The van der Waals surface area contributed by atoms with Crippen LogP contribution in [0.3, 0.4) is 0 Å². The lowest BCUT2D eigenvalue weighted by Gasteiger charge is -2.36. The Morgan fingerprint density at radius 1 is 1.09 bits per heavy atom. The average Bonchev–Trinajstić information content (AvgIpc) is 3.38. The number of anilines is 1. The molecular formula is C25H25ClN4O4. The molecule has 2 amide bonds. The van der Waals surface area contributed by atoms with E-state index < -0.39 is 35.0 Å². The third-order valence-corrected chi connectivity index (χ3v) is 5.90. The zero-order valence-electron chi connectivity index (χ0n) is 19.3. The van der Waals surface area contributed by atoms with Crippen LogP contribution < -0.4 is 10.2 Å². The van der Waals surface area contributed by atoms with E-state index in [1.165, 1.54) is 17.3 Å². The summed E-state index contributed by atoms with van der Waals surface area (Å²) in [7, 11) is 1.61. The van der Waals surface area contributed by atoms with Crippen molar-refractivity contribution in [1.29, 1.82) is 0 Å². The number of amides is 2. The van der Waals surface area contributed by atoms with Crippen molar-refractivity contribution in [2.45, 2.75) is 37.8 Å². The second-order valence-electron chi connectivity index (χ2n) is 9.09. The zero-order valence-corrected chi connectivity index (χ0v) is 20.0. The van der Waals surface area contributed by atoms with Gasteiger partial charge in [-0.15, -0.1) is 0 Å². The molecule has 176 valence electrons. The fraction of sp³-hybridized carbons (Fsp3) is 0.280. The van der Waals surface area contributed by atoms with Crippen LogP contribution in [-0.2, 0) is 15.1 Å². The van der Waals surface area contributed by atoms with Crippen molar-refractivity contribution in [2.75, 3.05) is 11.9 Å². The van der Waals surface area contributed by atoms with Crippen molar-refractivity contribution in [1.82, 2.24) is 15.1 Å². The fourth-order valence-electron chi connectivity index (χ4n) is 4.29. The maximum atomic E-state index is 14.0. The van der Waals surface area contributed by atoms with Crippen LogP contribution in [0.2, 0.25) is 5.02 Å². The Kier molecular flexibility index (Phi) is 5.95. The summed E-state index contributed by atoms with van der Waals surface area (Å²) < 4.78 is 6.68. The summed E-state index contributed by atoms with van der Waals surface area (Å²) in [5.74, 6) is -2.14. The van der Waals surface area contributed by atoms with Gasteiger partial charge in [0.2, 0.25) is 0 Å². The van der Waals surface area contributed by atoms with E-state index >= 15 is 0 Å². The maximum Gasteiger partial charge on any atom is 0.408 e. The largest absolute Gasteiger partial charge is 0.444 e. The normalized spacial score (nSPS) is 18.4. The molecule has 34 heavy (non-hydrogen) atoms. The second-order valence-corrected chi connectivity index (χ2v) is 9.53.